The molecule has 0 aliphatic carbocycles. The van der Waals surface area contributed by atoms with E-state index in [-0.39, 0.29) is 28.8 Å². The Kier molecular flexibility index (Phi) is 7.99. The molecule has 2 aromatic heterocycles. The summed E-state index contributed by atoms with van der Waals surface area (Å²) in [5, 5.41) is 21.1. The van der Waals surface area contributed by atoms with Crippen LogP contribution in [0.4, 0.5) is 10.6 Å². The van der Waals surface area contributed by atoms with Crippen LogP contribution >= 0.6 is 0 Å². The van der Waals surface area contributed by atoms with E-state index >= 15 is 0 Å². The Bertz CT molecular complexity index is 1850. The number of amides is 2. The Morgan fingerprint density at radius 2 is 1.29 bits per heavy atom. The second-order valence-corrected chi connectivity index (χ2v) is 10.5. The number of hydrogen-bond donors (Lipinski definition) is 3. The highest BCUT2D eigenvalue weighted by Gasteiger charge is 2.42. The summed E-state index contributed by atoms with van der Waals surface area (Å²) < 4.78 is 7.46. The molecule has 9 nitrogen and oxygen atoms in total. The van der Waals surface area contributed by atoms with Crippen LogP contribution in [-0.4, -0.2) is 39.0 Å². The van der Waals surface area contributed by atoms with E-state index in [0.29, 0.717) is 5.52 Å². The number of aromatic nitrogens is 3. The van der Waals surface area contributed by atoms with Crippen LogP contribution in [0, 0.1) is 0 Å². The van der Waals surface area contributed by atoms with Crippen LogP contribution in [0.2, 0.25) is 0 Å². The average Bonchev–Trinajstić information content (AvgIpc) is 3.45. The van der Waals surface area contributed by atoms with Crippen LogP contribution in [0.3, 0.4) is 0 Å². The quantitative estimate of drug-likeness (QED) is 0.157. The molecule has 0 bridgehead atoms. The monoisotopic (exact) mass is 597 g/mol. The summed E-state index contributed by atoms with van der Waals surface area (Å²) in [6, 6.07) is 39.9. The number of urea groups is 1. The van der Waals surface area contributed by atoms with Gasteiger partial charge in [0.2, 0.25) is 5.88 Å². The van der Waals surface area contributed by atoms with Crippen LogP contribution in [0.15, 0.2) is 127 Å². The SMILES string of the molecule is COc1nn(C(c2ccccc2)(c2ccccc2)c2ccccc2)c2cc(NC(=O)NC(C)c3ccccc3)nc(C(=O)O)c12. The minimum Gasteiger partial charge on any atom is -0.479 e. The van der Waals surface area contributed by atoms with Gasteiger partial charge in [-0.25, -0.2) is 19.3 Å². The lowest BCUT2D eigenvalue weighted by Crippen LogP contribution is -2.38. The lowest BCUT2D eigenvalue weighted by molar-refractivity contribution is 0.0692. The molecule has 6 rings (SSSR count). The maximum atomic E-state index is 13.2. The number of hydrogen-bond acceptors (Lipinski definition) is 5. The summed E-state index contributed by atoms with van der Waals surface area (Å²) in [4.78, 5) is 30.2. The third kappa shape index (κ3) is 5.36. The summed E-state index contributed by atoms with van der Waals surface area (Å²) in [5.74, 6) is -1.15. The van der Waals surface area contributed by atoms with Crippen molar-refractivity contribution in [1.29, 1.82) is 0 Å². The Labute approximate surface area is 260 Å². The molecule has 4 aromatic carbocycles. The third-order valence-electron chi connectivity index (χ3n) is 7.81. The maximum absolute atomic E-state index is 13.2. The topological polar surface area (TPSA) is 118 Å². The number of rotatable bonds is 9. The minimum atomic E-state index is -1.29. The fourth-order valence-electron chi connectivity index (χ4n) is 5.80. The van der Waals surface area contributed by atoms with E-state index in [2.05, 4.69) is 15.6 Å². The number of carboxylic acid groups (broad SMARTS) is 1. The molecule has 6 aromatic rings. The molecule has 1 unspecified atom stereocenters. The molecule has 224 valence electrons. The van der Waals surface area contributed by atoms with Crippen molar-refractivity contribution in [3.8, 4) is 5.88 Å². The highest BCUT2D eigenvalue weighted by atomic mass is 16.5. The number of carbonyl (C=O) groups excluding carboxylic acids is 1. The van der Waals surface area contributed by atoms with E-state index in [1.54, 1.807) is 10.7 Å². The molecule has 2 heterocycles. The summed E-state index contributed by atoms with van der Waals surface area (Å²) in [6.45, 7) is 1.86. The van der Waals surface area contributed by atoms with Gasteiger partial charge in [-0.3, -0.25) is 5.32 Å². The number of fused-ring (bicyclic) bond motifs is 1. The molecule has 0 fully saturated rings. The van der Waals surface area contributed by atoms with Gasteiger partial charge in [0.05, 0.1) is 24.1 Å². The molecule has 0 saturated carbocycles. The number of pyridine rings is 1. The Hall–Kier alpha value is -5.96. The lowest BCUT2D eigenvalue weighted by atomic mass is 9.77. The predicted molar refractivity (Wildman–Crippen MR) is 173 cm³/mol. The molecule has 45 heavy (non-hydrogen) atoms. The summed E-state index contributed by atoms with van der Waals surface area (Å²) in [6.07, 6.45) is 0. The number of carbonyl (C=O) groups is 2. The van der Waals surface area contributed by atoms with E-state index < -0.39 is 17.5 Å². The third-order valence-corrected chi connectivity index (χ3v) is 7.81. The van der Waals surface area contributed by atoms with Crippen LogP contribution in [-0.2, 0) is 5.54 Å². The number of methoxy groups -OCH3 is 1. The minimum absolute atomic E-state index is 0.0459. The fourth-order valence-corrected chi connectivity index (χ4v) is 5.80. The van der Waals surface area contributed by atoms with Gasteiger partial charge >= 0.3 is 12.0 Å². The zero-order chi connectivity index (χ0) is 31.4. The molecule has 1 atom stereocenters. The second-order valence-electron chi connectivity index (χ2n) is 10.5. The van der Waals surface area contributed by atoms with Crippen molar-refractivity contribution < 1.29 is 19.4 Å². The molecule has 0 radical (unpaired) electrons. The van der Waals surface area contributed by atoms with E-state index in [1.807, 2.05) is 128 Å². The number of nitrogens with one attached hydrogen (secondary N) is 2. The van der Waals surface area contributed by atoms with E-state index in [4.69, 9.17) is 9.84 Å². The van der Waals surface area contributed by atoms with Crippen molar-refractivity contribution in [2.75, 3.05) is 12.4 Å². The number of ether oxygens (including phenoxy) is 1. The van der Waals surface area contributed by atoms with Gasteiger partial charge in [0.1, 0.15) is 11.4 Å². The number of aromatic carboxylic acids is 1. The normalized spacial score (nSPS) is 12.0. The van der Waals surface area contributed by atoms with Crippen molar-refractivity contribution >= 4 is 28.7 Å². The number of anilines is 1. The standard InChI is InChI=1S/C36H31N5O4/c1-24(25-15-7-3-8-16-25)37-35(44)39-30-23-29-31(32(38-30)34(42)43)33(45-2)40-41(29)36(26-17-9-4-10-18-26,27-19-11-5-12-20-27)28-21-13-6-14-22-28/h3-24H,1-2H3,(H,42,43)(H2,37,38,39,44). The molecule has 0 saturated heterocycles. The summed E-state index contributed by atoms with van der Waals surface area (Å²) in [7, 11) is 1.44. The first-order valence-corrected chi connectivity index (χ1v) is 14.4. The van der Waals surface area contributed by atoms with Crippen molar-refractivity contribution in [3.63, 3.8) is 0 Å². The molecular formula is C36H31N5O4. The van der Waals surface area contributed by atoms with Crippen molar-refractivity contribution in [2.24, 2.45) is 0 Å². The summed E-state index contributed by atoms with van der Waals surface area (Å²) >= 11 is 0. The van der Waals surface area contributed by atoms with Crippen molar-refractivity contribution in [2.45, 2.75) is 18.5 Å². The van der Waals surface area contributed by atoms with Gasteiger partial charge in [-0.2, -0.15) is 0 Å². The van der Waals surface area contributed by atoms with Gasteiger partial charge in [0.25, 0.3) is 0 Å². The highest BCUT2D eigenvalue weighted by molar-refractivity contribution is 6.05. The average molecular weight is 598 g/mol. The maximum Gasteiger partial charge on any atom is 0.355 e. The summed E-state index contributed by atoms with van der Waals surface area (Å²) in [5.41, 5.74) is 2.60. The number of nitrogens with zero attached hydrogens (tertiary/aromatic N) is 3. The Morgan fingerprint density at radius 1 is 0.800 bits per heavy atom. The molecule has 0 aliphatic heterocycles. The molecule has 2 amide bonds. The number of carboxylic acids is 1. The molecule has 9 heteroatoms. The van der Waals surface area contributed by atoms with Crippen LogP contribution < -0.4 is 15.4 Å². The zero-order valence-corrected chi connectivity index (χ0v) is 24.7. The zero-order valence-electron chi connectivity index (χ0n) is 24.7. The van der Waals surface area contributed by atoms with Crippen LogP contribution in [0.1, 0.15) is 45.7 Å². The molecule has 0 spiro atoms. The van der Waals surface area contributed by atoms with Gasteiger partial charge < -0.3 is 15.2 Å². The smallest absolute Gasteiger partial charge is 0.355 e. The highest BCUT2D eigenvalue weighted by Crippen LogP contribution is 2.44. The van der Waals surface area contributed by atoms with Crippen LogP contribution in [0.25, 0.3) is 10.9 Å². The molecule has 0 aliphatic rings. The lowest BCUT2D eigenvalue weighted by Gasteiger charge is -2.36. The van der Waals surface area contributed by atoms with Gasteiger partial charge in [-0.1, -0.05) is 121 Å². The Morgan fingerprint density at radius 3 is 1.76 bits per heavy atom. The van der Waals surface area contributed by atoms with Crippen molar-refractivity contribution in [3.05, 3.63) is 155 Å². The fraction of sp³-hybridized carbons (Fsp3) is 0.111. The van der Waals surface area contributed by atoms with Crippen LogP contribution in [0.5, 0.6) is 5.88 Å². The number of benzene rings is 4. The Balaban J connectivity index is 1.60. The first-order chi connectivity index (χ1) is 21.9. The predicted octanol–water partition coefficient (Wildman–Crippen LogP) is 6.86. The van der Waals surface area contributed by atoms with E-state index in [0.717, 1.165) is 22.3 Å². The molecular weight excluding hydrogens is 566 g/mol. The first kappa shape index (κ1) is 29.1. The molecule has 3 N–H and O–H groups in total. The van der Waals surface area contributed by atoms with Gasteiger partial charge in [0.15, 0.2) is 5.69 Å². The van der Waals surface area contributed by atoms with Gasteiger partial charge in [0, 0.05) is 6.07 Å². The van der Waals surface area contributed by atoms with Gasteiger partial charge in [-0.15, -0.1) is 5.10 Å². The van der Waals surface area contributed by atoms with E-state index in [1.165, 1.54) is 7.11 Å². The second kappa shape index (κ2) is 12.3. The van der Waals surface area contributed by atoms with Crippen molar-refractivity contribution in [1.82, 2.24) is 20.1 Å². The van der Waals surface area contributed by atoms with E-state index in [9.17, 15) is 14.7 Å². The van der Waals surface area contributed by atoms with Gasteiger partial charge in [-0.05, 0) is 29.2 Å². The first-order valence-electron chi connectivity index (χ1n) is 14.4. The largest absolute Gasteiger partial charge is 0.479 e.